The van der Waals surface area contributed by atoms with Crippen molar-refractivity contribution in [2.45, 2.75) is 44.2 Å². The zero-order chi connectivity index (χ0) is 14.8. The first kappa shape index (κ1) is 15.3. The molecule has 112 valence electrons. The van der Waals surface area contributed by atoms with E-state index in [-0.39, 0.29) is 11.8 Å². The third kappa shape index (κ3) is 3.32. The number of hydrogen-bond donors (Lipinski definition) is 1. The number of alkyl halides is 3. The standard InChI is InChI=1S/C15H19F4N/c16-14-7-6-10(8-13(14)15(17,18)19)12-5-3-1-2-4-11(12)9-20/h6-8,11-12H,1-5,9,20H2. The second-order valence-electron chi connectivity index (χ2n) is 5.48. The van der Waals surface area contributed by atoms with Crippen LogP contribution in [0.25, 0.3) is 0 Å². The fourth-order valence-corrected chi connectivity index (χ4v) is 3.10. The Bertz CT molecular complexity index is 456. The molecular weight excluding hydrogens is 270 g/mol. The van der Waals surface area contributed by atoms with Gasteiger partial charge in [0.05, 0.1) is 5.56 Å². The van der Waals surface area contributed by atoms with Gasteiger partial charge in [0.15, 0.2) is 0 Å². The van der Waals surface area contributed by atoms with Crippen LogP contribution in [0.5, 0.6) is 0 Å². The molecule has 0 aliphatic heterocycles. The highest BCUT2D eigenvalue weighted by Crippen LogP contribution is 2.39. The zero-order valence-electron chi connectivity index (χ0n) is 11.2. The van der Waals surface area contributed by atoms with E-state index in [1.54, 1.807) is 0 Å². The number of nitrogens with two attached hydrogens (primary N) is 1. The lowest BCUT2D eigenvalue weighted by atomic mass is 9.82. The lowest BCUT2D eigenvalue weighted by molar-refractivity contribution is -0.140. The van der Waals surface area contributed by atoms with Gasteiger partial charge in [0.25, 0.3) is 0 Å². The summed E-state index contributed by atoms with van der Waals surface area (Å²) in [5.74, 6) is -1.02. The molecule has 0 heterocycles. The summed E-state index contributed by atoms with van der Waals surface area (Å²) in [6, 6.07) is 3.37. The summed E-state index contributed by atoms with van der Waals surface area (Å²) in [5.41, 5.74) is 5.15. The van der Waals surface area contributed by atoms with E-state index in [1.807, 2.05) is 0 Å². The highest BCUT2D eigenvalue weighted by atomic mass is 19.4. The normalized spacial score (nSPS) is 24.4. The van der Waals surface area contributed by atoms with Crippen LogP contribution >= 0.6 is 0 Å². The van der Waals surface area contributed by atoms with Gasteiger partial charge in [-0.1, -0.05) is 25.3 Å². The second-order valence-corrected chi connectivity index (χ2v) is 5.48. The van der Waals surface area contributed by atoms with Crippen molar-refractivity contribution < 1.29 is 17.6 Å². The fourth-order valence-electron chi connectivity index (χ4n) is 3.10. The third-order valence-electron chi connectivity index (χ3n) is 4.19. The van der Waals surface area contributed by atoms with Crippen molar-refractivity contribution in [1.29, 1.82) is 0 Å². The monoisotopic (exact) mass is 289 g/mol. The minimum Gasteiger partial charge on any atom is -0.330 e. The Morgan fingerprint density at radius 1 is 1.10 bits per heavy atom. The Morgan fingerprint density at radius 2 is 1.80 bits per heavy atom. The molecule has 2 atom stereocenters. The van der Waals surface area contributed by atoms with Crippen LogP contribution in [-0.2, 0) is 6.18 Å². The predicted octanol–water partition coefficient (Wildman–Crippen LogP) is 4.47. The van der Waals surface area contributed by atoms with E-state index in [2.05, 4.69) is 0 Å². The number of halogens is 4. The molecule has 0 radical (unpaired) electrons. The van der Waals surface area contributed by atoms with Crippen LogP contribution in [-0.4, -0.2) is 6.54 Å². The number of hydrogen-bond acceptors (Lipinski definition) is 1. The lowest BCUT2D eigenvalue weighted by Gasteiger charge is -2.25. The van der Waals surface area contributed by atoms with Gasteiger partial charge in [-0.3, -0.25) is 0 Å². The maximum Gasteiger partial charge on any atom is 0.419 e. The van der Waals surface area contributed by atoms with Crippen molar-refractivity contribution >= 4 is 0 Å². The minimum atomic E-state index is -4.65. The quantitative estimate of drug-likeness (QED) is 0.631. The van der Waals surface area contributed by atoms with E-state index in [0.717, 1.165) is 44.2 Å². The summed E-state index contributed by atoms with van der Waals surface area (Å²) in [4.78, 5) is 0. The molecule has 0 bridgehead atoms. The van der Waals surface area contributed by atoms with Crippen LogP contribution in [0.2, 0.25) is 0 Å². The van der Waals surface area contributed by atoms with Gasteiger partial charge in [-0.05, 0) is 48.9 Å². The predicted molar refractivity (Wildman–Crippen MR) is 69.8 cm³/mol. The van der Waals surface area contributed by atoms with Gasteiger partial charge in [0.1, 0.15) is 5.82 Å². The summed E-state index contributed by atoms with van der Waals surface area (Å²) in [7, 11) is 0. The van der Waals surface area contributed by atoms with Gasteiger partial charge >= 0.3 is 6.18 Å². The zero-order valence-corrected chi connectivity index (χ0v) is 11.2. The van der Waals surface area contributed by atoms with E-state index < -0.39 is 17.6 Å². The average Bonchev–Trinajstić information content (AvgIpc) is 2.63. The molecule has 0 spiro atoms. The minimum absolute atomic E-state index is 0.00389. The maximum absolute atomic E-state index is 13.3. The van der Waals surface area contributed by atoms with Crippen LogP contribution in [0.3, 0.4) is 0 Å². The Balaban J connectivity index is 2.35. The Hall–Kier alpha value is -1.10. The SMILES string of the molecule is NCC1CCCCCC1c1ccc(F)c(C(F)(F)F)c1. The molecule has 20 heavy (non-hydrogen) atoms. The smallest absolute Gasteiger partial charge is 0.330 e. The Morgan fingerprint density at radius 3 is 2.45 bits per heavy atom. The summed E-state index contributed by atoms with van der Waals surface area (Å²) in [6.07, 6.45) is 0.236. The molecular formula is C15H19F4N. The van der Waals surface area contributed by atoms with Gasteiger partial charge in [-0.2, -0.15) is 13.2 Å². The van der Waals surface area contributed by atoms with Gasteiger partial charge in [-0.25, -0.2) is 4.39 Å². The maximum atomic E-state index is 13.3. The van der Waals surface area contributed by atoms with Crippen LogP contribution < -0.4 is 5.73 Å². The molecule has 1 aromatic rings. The van der Waals surface area contributed by atoms with E-state index in [4.69, 9.17) is 5.73 Å². The highest BCUT2D eigenvalue weighted by Gasteiger charge is 2.35. The van der Waals surface area contributed by atoms with E-state index >= 15 is 0 Å². The van der Waals surface area contributed by atoms with E-state index in [9.17, 15) is 17.6 Å². The van der Waals surface area contributed by atoms with Crippen molar-refractivity contribution in [3.63, 3.8) is 0 Å². The molecule has 0 aromatic heterocycles. The molecule has 0 amide bonds. The van der Waals surface area contributed by atoms with Crippen molar-refractivity contribution in [1.82, 2.24) is 0 Å². The first-order valence-electron chi connectivity index (χ1n) is 7.00. The summed E-state index contributed by atoms with van der Waals surface area (Å²) < 4.78 is 51.7. The second kappa shape index (κ2) is 6.12. The molecule has 1 nitrogen and oxygen atoms in total. The van der Waals surface area contributed by atoms with Crippen molar-refractivity contribution in [3.05, 3.63) is 35.1 Å². The lowest BCUT2D eigenvalue weighted by Crippen LogP contribution is -2.22. The molecule has 1 aromatic carbocycles. The van der Waals surface area contributed by atoms with E-state index in [0.29, 0.717) is 12.1 Å². The summed E-state index contributed by atoms with van der Waals surface area (Å²) >= 11 is 0. The topological polar surface area (TPSA) is 26.0 Å². The summed E-state index contributed by atoms with van der Waals surface area (Å²) in [5, 5.41) is 0. The van der Waals surface area contributed by atoms with Crippen molar-refractivity contribution in [3.8, 4) is 0 Å². The molecule has 5 heteroatoms. The largest absolute Gasteiger partial charge is 0.419 e. The average molecular weight is 289 g/mol. The van der Waals surface area contributed by atoms with Crippen LogP contribution in [0.1, 0.15) is 49.1 Å². The van der Waals surface area contributed by atoms with Crippen molar-refractivity contribution in [2.24, 2.45) is 11.7 Å². The molecule has 0 saturated heterocycles. The molecule has 2 N–H and O–H groups in total. The first-order valence-corrected chi connectivity index (χ1v) is 7.00. The van der Waals surface area contributed by atoms with Gasteiger partial charge < -0.3 is 5.73 Å². The summed E-state index contributed by atoms with van der Waals surface area (Å²) in [6.45, 7) is 0.462. The van der Waals surface area contributed by atoms with Crippen LogP contribution in [0.4, 0.5) is 17.6 Å². The Labute approximate surface area is 116 Å². The van der Waals surface area contributed by atoms with Gasteiger partial charge in [0.2, 0.25) is 0 Å². The molecule has 1 aliphatic rings. The van der Waals surface area contributed by atoms with Gasteiger partial charge in [0, 0.05) is 0 Å². The first-order chi connectivity index (χ1) is 9.43. The van der Waals surface area contributed by atoms with E-state index in [1.165, 1.54) is 6.07 Å². The van der Waals surface area contributed by atoms with Crippen LogP contribution in [0, 0.1) is 11.7 Å². The molecule has 2 unspecified atom stereocenters. The van der Waals surface area contributed by atoms with Crippen LogP contribution in [0.15, 0.2) is 18.2 Å². The fraction of sp³-hybridized carbons (Fsp3) is 0.600. The molecule has 2 rings (SSSR count). The highest BCUT2D eigenvalue weighted by molar-refractivity contribution is 5.30. The van der Waals surface area contributed by atoms with Crippen molar-refractivity contribution in [2.75, 3.05) is 6.54 Å². The molecule has 1 fully saturated rings. The molecule has 1 aliphatic carbocycles. The number of benzene rings is 1. The third-order valence-corrected chi connectivity index (χ3v) is 4.19. The number of rotatable bonds is 2. The van der Waals surface area contributed by atoms with Gasteiger partial charge in [-0.15, -0.1) is 0 Å². The Kier molecular flexibility index (Phi) is 4.68. The molecule has 1 saturated carbocycles.